The third-order valence-corrected chi connectivity index (χ3v) is 4.19. The van der Waals surface area contributed by atoms with Gasteiger partial charge in [0.1, 0.15) is 17.0 Å². The number of carbonyl (C=O) groups excluding carboxylic acids is 1. The number of aryl methyl sites for hydroxylation is 1. The van der Waals surface area contributed by atoms with Gasteiger partial charge in [-0.2, -0.15) is 5.10 Å². The lowest BCUT2D eigenvalue weighted by Gasteiger charge is -2.39. The summed E-state index contributed by atoms with van der Waals surface area (Å²) in [4.78, 5) is 14.8. The molecule has 0 unspecified atom stereocenters. The maximum atomic E-state index is 13.1. The number of piperidine rings is 1. The number of hydrogen-bond acceptors (Lipinski definition) is 5. The Morgan fingerprint density at radius 2 is 2.22 bits per heavy atom. The van der Waals surface area contributed by atoms with Crippen LogP contribution in [0.1, 0.15) is 24.3 Å². The van der Waals surface area contributed by atoms with Gasteiger partial charge in [-0.15, -0.1) is 12.4 Å². The molecule has 0 radical (unpaired) electrons. The topological polar surface area (TPSA) is 76.2 Å². The smallest absolute Gasteiger partial charge is 0.250 e. The molecule has 0 aliphatic carbocycles. The first-order valence-corrected chi connectivity index (χ1v) is 7.50. The number of nitrogens with zero attached hydrogens (tertiary/aromatic N) is 4. The second kappa shape index (κ2) is 7.14. The van der Waals surface area contributed by atoms with Crippen LogP contribution in [0.2, 0.25) is 0 Å². The molecule has 0 saturated carbocycles. The van der Waals surface area contributed by atoms with Gasteiger partial charge in [-0.1, -0.05) is 5.16 Å². The van der Waals surface area contributed by atoms with Crippen LogP contribution in [0.15, 0.2) is 29.0 Å². The van der Waals surface area contributed by atoms with Crippen LogP contribution >= 0.6 is 12.4 Å². The van der Waals surface area contributed by atoms with Gasteiger partial charge in [0.25, 0.3) is 5.91 Å². The average molecular weight is 340 g/mol. The number of rotatable bonds is 4. The summed E-state index contributed by atoms with van der Waals surface area (Å²) in [5.74, 6) is 0.817. The molecule has 1 N–H and O–H groups in total. The van der Waals surface area contributed by atoms with E-state index in [0.717, 1.165) is 37.4 Å². The highest BCUT2D eigenvalue weighted by Gasteiger charge is 2.43. The lowest BCUT2D eigenvalue weighted by Crippen LogP contribution is -2.54. The van der Waals surface area contributed by atoms with Crippen molar-refractivity contribution in [3.8, 4) is 0 Å². The highest BCUT2D eigenvalue weighted by molar-refractivity contribution is 5.85. The Morgan fingerprint density at radius 3 is 2.78 bits per heavy atom. The second-order valence-electron chi connectivity index (χ2n) is 5.82. The summed E-state index contributed by atoms with van der Waals surface area (Å²) in [5.41, 5.74) is 0.153. The normalized spacial score (nSPS) is 16.6. The van der Waals surface area contributed by atoms with Crippen LogP contribution in [0.4, 0.5) is 0 Å². The Labute approximate surface area is 141 Å². The van der Waals surface area contributed by atoms with Crippen LogP contribution < -0.4 is 5.32 Å². The molecular weight excluding hydrogens is 318 g/mol. The summed E-state index contributed by atoms with van der Waals surface area (Å²) in [6, 6.07) is 3.71. The first kappa shape index (κ1) is 17.5. The molecule has 0 bridgehead atoms. The Kier molecular flexibility index (Phi) is 5.43. The zero-order valence-electron chi connectivity index (χ0n) is 13.4. The minimum absolute atomic E-state index is 0. The van der Waals surface area contributed by atoms with Gasteiger partial charge < -0.3 is 14.7 Å². The van der Waals surface area contributed by atoms with Crippen LogP contribution in [-0.2, 0) is 16.9 Å². The fourth-order valence-electron chi connectivity index (χ4n) is 3.07. The summed E-state index contributed by atoms with van der Waals surface area (Å²) in [6.07, 6.45) is 5.06. The van der Waals surface area contributed by atoms with Crippen molar-refractivity contribution >= 4 is 18.3 Å². The molecule has 1 aliphatic heterocycles. The number of hydrogen-bond donors (Lipinski definition) is 1. The predicted octanol–water partition coefficient (Wildman–Crippen LogP) is 1.34. The van der Waals surface area contributed by atoms with Crippen molar-refractivity contribution in [2.75, 3.05) is 20.1 Å². The van der Waals surface area contributed by atoms with Gasteiger partial charge >= 0.3 is 0 Å². The first-order valence-electron chi connectivity index (χ1n) is 7.50. The minimum atomic E-state index is -0.609. The molecule has 2 aromatic heterocycles. The standard InChI is InChI=1S/C15H21N5O2.ClH/c1-12-10-13(18-22-12)11-19(2)14(21)15(4-7-16-8-5-15)20-9-3-6-17-20;/h3,6,9-10,16H,4-5,7-8,11H2,1-2H3;1H. The van der Waals surface area contributed by atoms with Crippen molar-refractivity contribution in [2.45, 2.75) is 31.8 Å². The van der Waals surface area contributed by atoms with Gasteiger partial charge in [0, 0.05) is 25.5 Å². The van der Waals surface area contributed by atoms with Crippen molar-refractivity contribution in [1.82, 2.24) is 25.2 Å². The van der Waals surface area contributed by atoms with Crippen LogP contribution in [0, 0.1) is 6.92 Å². The Balaban J connectivity index is 0.00000192. The molecule has 1 fully saturated rings. The van der Waals surface area contributed by atoms with E-state index < -0.39 is 5.54 Å². The number of carbonyl (C=O) groups is 1. The molecule has 0 aromatic carbocycles. The average Bonchev–Trinajstić information content (AvgIpc) is 3.19. The summed E-state index contributed by atoms with van der Waals surface area (Å²) in [7, 11) is 1.81. The largest absolute Gasteiger partial charge is 0.361 e. The molecule has 0 spiro atoms. The molecule has 1 saturated heterocycles. The number of likely N-dealkylation sites (N-methyl/N-ethyl adjacent to an activating group) is 1. The van der Waals surface area contributed by atoms with Crippen LogP contribution in [0.3, 0.4) is 0 Å². The van der Waals surface area contributed by atoms with E-state index in [1.165, 1.54) is 0 Å². The molecule has 23 heavy (non-hydrogen) atoms. The SMILES string of the molecule is Cc1cc(CN(C)C(=O)C2(n3cccn3)CCNCC2)no1.Cl. The molecular formula is C15H22ClN5O2. The highest BCUT2D eigenvalue weighted by Crippen LogP contribution is 2.29. The minimum Gasteiger partial charge on any atom is -0.361 e. The fraction of sp³-hybridized carbons (Fsp3) is 0.533. The van der Waals surface area contributed by atoms with E-state index in [0.29, 0.717) is 6.54 Å². The summed E-state index contributed by atoms with van der Waals surface area (Å²) >= 11 is 0. The summed E-state index contributed by atoms with van der Waals surface area (Å²) in [6.45, 7) is 3.90. The lowest BCUT2D eigenvalue weighted by molar-refractivity contribution is -0.142. The van der Waals surface area contributed by atoms with E-state index in [2.05, 4.69) is 15.6 Å². The van der Waals surface area contributed by atoms with E-state index in [9.17, 15) is 4.79 Å². The molecule has 3 heterocycles. The number of amides is 1. The lowest BCUT2D eigenvalue weighted by atomic mass is 9.87. The van der Waals surface area contributed by atoms with Crippen molar-refractivity contribution in [3.63, 3.8) is 0 Å². The highest BCUT2D eigenvalue weighted by atomic mass is 35.5. The van der Waals surface area contributed by atoms with Crippen molar-refractivity contribution in [1.29, 1.82) is 0 Å². The zero-order chi connectivity index (χ0) is 15.6. The first-order chi connectivity index (χ1) is 10.6. The van der Waals surface area contributed by atoms with E-state index >= 15 is 0 Å². The quantitative estimate of drug-likeness (QED) is 0.909. The van der Waals surface area contributed by atoms with Gasteiger partial charge in [0.15, 0.2) is 0 Å². The molecule has 1 aliphatic rings. The molecule has 3 rings (SSSR count). The van der Waals surface area contributed by atoms with Crippen LogP contribution in [-0.4, -0.2) is 45.9 Å². The second-order valence-corrected chi connectivity index (χ2v) is 5.82. The van der Waals surface area contributed by atoms with E-state index in [4.69, 9.17) is 4.52 Å². The molecule has 126 valence electrons. The number of nitrogens with one attached hydrogen (secondary N) is 1. The van der Waals surface area contributed by atoms with E-state index in [1.807, 2.05) is 25.3 Å². The maximum Gasteiger partial charge on any atom is 0.250 e. The van der Waals surface area contributed by atoms with Crippen molar-refractivity contribution in [3.05, 3.63) is 36.0 Å². The van der Waals surface area contributed by atoms with E-state index in [-0.39, 0.29) is 18.3 Å². The predicted molar refractivity (Wildman–Crippen MR) is 87.3 cm³/mol. The fourth-order valence-corrected chi connectivity index (χ4v) is 3.07. The molecule has 8 heteroatoms. The third kappa shape index (κ3) is 3.40. The number of aromatic nitrogens is 3. The summed E-state index contributed by atoms with van der Waals surface area (Å²) < 4.78 is 6.88. The van der Waals surface area contributed by atoms with Gasteiger partial charge in [-0.3, -0.25) is 9.48 Å². The van der Waals surface area contributed by atoms with Gasteiger partial charge in [0.2, 0.25) is 0 Å². The van der Waals surface area contributed by atoms with Gasteiger partial charge in [-0.05, 0) is 38.9 Å². The maximum absolute atomic E-state index is 13.1. The van der Waals surface area contributed by atoms with Crippen molar-refractivity contribution < 1.29 is 9.32 Å². The molecule has 1 amide bonds. The van der Waals surface area contributed by atoms with Crippen LogP contribution in [0.5, 0.6) is 0 Å². The Bertz CT molecular complexity index is 634. The third-order valence-electron chi connectivity index (χ3n) is 4.19. The van der Waals surface area contributed by atoms with Crippen LogP contribution in [0.25, 0.3) is 0 Å². The monoisotopic (exact) mass is 339 g/mol. The molecule has 2 aromatic rings. The molecule has 7 nitrogen and oxygen atoms in total. The van der Waals surface area contributed by atoms with Gasteiger partial charge in [0.05, 0.1) is 6.54 Å². The van der Waals surface area contributed by atoms with E-state index in [1.54, 1.807) is 22.8 Å². The molecule has 0 atom stereocenters. The Hall–Kier alpha value is -1.86. The number of halogens is 1. The zero-order valence-corrected chi connectivity index (χ0v) is 14.2. The van der Waals surface area contributed by atoms with Gasteiger partial charge in [-0.25, -0.2) is 0 Å². The Morgan fingerprint density at radius 1 is 1.48 bits per heavy atom. The van der Waals surface area contributed by atoms with Crippen molar-refractivity contribution in [2.24, 2.45) is 0 Å². The summed E-state index contributed by atoms with van der Waals surface area (Å²) in [5, 5.41) is 11.6.